The van der Waals surface area contributed by atoms with Gasteiger partial charge in [-0.1, -0.05) is 12.1 Å². The number of anilines is 2. The predicted octanol–water partition coefficient (Wildman–Crippen LogP) is 1.50. The second kappa shape index (κ2) is 5.29. The Balaban J connectivity index is 2.20. The second-order valence-corrected chi connectivity index (χ2v) is 4.79. The molecule has 1 aliphatic rings. The number of likely N-dealkylation sites (N-methyl/N-ethyl adjacent to an activating group) is 1. The molecule has 0 aliphatic carbocycles. The van der Waals surface area contributed by atoms with E-state index in [0.29, 0.717) is 6.54 Å². The number of benzene rings is 1. The van der Waals surface area contributed by atoms with E-state index in [-0.39, 0.29) is 5.91 Å². The fraction of sp³-hybridized carbons (Fsp3) is 0.500. The van der Waals surface area contributed by atoms with Crippen molar-refractivity contribution in [2.45, 2.75) is 19.8 Å². The maximum Gasteiger partial charge on any atom is 0.241 e. The highest BCUT2D eigenvalue weighted by Crippen LogP contribution is 2.32. The van der Waals surface area contributed by atoms with Crippen LogP contribution in [0.1, 0.15) is 18.9 Å². The number of amides is 1. The number of carbonyl (C=O) groups excluding carboxylic acids is 1. The zero-order valence-electron chi connectivity index (χ0n) is 11.1. The van der Waals surface area contributed by atoms with Gasteiger partial charge in [0.1, 0.15) is 0 Å². The number of para-hydroxylation sites is 1. The molecule has 4 nitrogen and oxygen atoms in total. The molecule has 98 valence electrons. The molecular weight excluding hydrogens is 226 g/mol. The average Bonchev–Trinajstić information content (AvgIpc) is 2.38. The summed E-state index contributed by atoms with van der Waals surface area (Å²) in [4.78, 5) is 15.9. The highest BCUT2D eigenvalue weighted by molar-refractivity contribution is 5.84. The summed E-state index contributed by atoms with van der Waals surface area (Å²) in [5.41, 5.74) is 9.14. The third kappa shape index (κ3) is 2.42. The van der Waals surface area contributed by atoms with Crippen molar-refractivity contribution >= 4 is 17.3 Å². The quantitative estimate of drug-likeness (QED) is 0.823. The highest BCUT2D eigenvalue weighted by Gasteiger charge is 2.21. The lowest BCUT2D eigenvalue weighted by atomic mass is 10.0. The summed E-state index contributed by atoms with van der Waals surface area (Å²) >= 11 is 0. The van der Waals surface area contributed by atoms with E-state index >= 15 is 0 Å². The van der Waals surface area contributed by atoms with Gasteiger partial charge in [0.15, 0.2) is 0 Å². The molecule has 1 amide bonds. The van der Waals surface area contributed by atoms with E-state index in [2.05, 4.69) is 11.0 Å². The van der Waals surface area contributed by atoms with Crippen LogP contribution >= 0.6 is 0 Å². The van der Waals surface area contributed by atoms with Gasteiger partial charge in [-0.3, -0.25) is 4.79 Å². The maximum atomic E-state index is 12.0. The van der Waals surface area contributed by atoms with Crippen LogP contribution in [0.15, 0.2) is 18.2 Å². The Labute approximate surface area is 108 Å². The number of rotatable bonds is 3. The summed E-state index contributed by atoms with van der Waals surface area (Å²) in [6.07, 6.45) is 2.13. The van der Waals surface area contributed by atoms with Gasteiger partial charge in [0.2, 0.25) is 5.91 Å². The first-order valence-electron chi connectivity index (χ1n) is 6.49. The van der Waals surface area contributed by atoms with E-state index in [9.17, 15) is 4.79 Å². The number of nitrogen functional groups attached to an aromatic ring is 1. The summed E-state index contributed by atoms with van der Waals surface area (Å²) < 4.78 is 0. The van der Waals surface area contributed by atoms with E-state index in [4.69, 9.17) is 5.73 Å². The molecule has 0 bridgehead atoms. The summed E-state index contributed by atoms with van der Waals surface area (Å²) in [7, 11) is 1.83. The van der Waals surface area contributed by atoms with Crippen molar-refractivity contribution in [3.05, 3.63) is 23.8 Å². The summed E-state index contributed by atoms with van der Waals surface area (Å²) in [6, 6.07) is 5.99. The number of aryl methyl sites for hydroxylation is 1. The molecule has 0 saturated heterocycles. The summed E-state index contributed by atoms with van der Waals surface area (Å²) in [6.45, 7) is 4.05. The van der Waals surface area contributed by atoms with E-state index in [1.165, 1.54) is 5.56 Å². The van der Waals surface area contributed by atoms with E-state index in [1.54, 1.807) is 4.90 Å². The van der Waals surface area contributed by atoms with Gasteiger partial charge in [-0.05, 0) is 31.4 Å². The van der Waals surface area contributed by atoms with Crippen molar-refractivity contribution < 1.29 is 4.79 Å². The van der Waals surface area contributed by atoms with E-state index in [0.717, 1.165) is 37.3 Å². The largest absolute Gasteiger partial charge is 0.397 e. The fourth-order valence-corrected chi connectivity index (χ4v) is 2.39. The van der Waals surface area contributed by atoms with E-state index in [1.807, 2.05) is 26.1 Å². The Morgan fingerprint density at radius 2 is 2.28 bits per heavy atom. The Kier molecular flexibility index (Phi) is 3.75. The minimum absolute atomic E-state index is 0.147. The van der Waals surface area contributed by atoms with Crippen LogP contribution in [0.2, 0.25) is 0 Å². The fourth-order valence-electron chi connectivity index (χ4n) is 2.39. The molecule has 0 radical (unpaired) electrons. The van der Waals surface area contributed by atoms with Gasteiger partial charge in [0.25, 0.3) is 0 Å². The van der Waals surface area contributed by atoms with Gasteiger partial charge < -0.3 is 15.5 Å². The highest BCUT2D eigenvalue weighted by atomic mass is 16.2. The van der Waals surface area contributed by atoms with Crippen molar-refractivity contribution in [1.29, 1.82) is 0 Å². The number of hydrogen-bond acceptors (Lipinski definition) is 3. The summed E-state index contributed by atoms with van der Waals surface area (Å²) in [5, 5.41) is 0. The Morgan fingerprint density at radius 3 is 3.00 bits per heavy atom. The predicted molar refractivity (Wildman–Crippen MR) is 74.7 cm³/mol. The van der Waals surface area contributed by atoms with Crippen molar-refractivity contribution in [2.75, 3.05) is 37.3 Å². The van der Waals surface area contributed by atoms with Crippen LogP contribution in [0.3, 0.4) is 0 Å². The Bertz CT molecular complexity index is 445. The molecule has 2 rings (SSSR count). The first kappa shape index (κ1) is 12.7. The normalized spacial score (nSPS) is 14.2. The molecular formula is C14H21N3O. The smallest absolute Gasteiger partial charge is 0.241 e. The van der Waals surface area contributed by atoms with Crippen LogP contribution in [0.4, 0.5) is 11.4 Å². The Morgan fingerprint density at radius 1 is 1.50 bits per heavy atom. The number of hydrogen-bond donors (Lipinski definition) is 1. The SMILES string of the molecule is CCN(C)C(=O)CN1CCCc2cccc(N)c21. The molecule has 1 heterocycles. The minimum Gasteiger partial charge on any atom is -0.397 e. The topological polar surface area (TPSA) is 49.6 Å². The number of nitrogens with two attached hydrogens (primary N) is 1. The van der Waals surface area contributed by atoms with Crippen molar-refractivity contribution in [3.63, 3.8) is 0 Å². The third-order valence-electron chi connectivity index (χ3n) is 3.57. The average molecular weight is 247 g/mol. The van der Waals surface area contributed by atoms with Crippen molar-refractivity contribution in [1.82, 2.24) is 4.90 Å². The molecule has 0 atom stereocenters. The van der Waals surface area contributed by atoms with Crippen molar-refractivity contribution in [3.8, 4) is 0 Å². The standard InChI is InChI=1S/C14H21N3O/c1-3-16(2)13(18)10-17-9-5-7-11-6-4-8-12(15)14(11)17/h4,6,8H,3,5,7,9-10,15H2,1-2H3. The molecule has 2 N–H and O–H groups in total. The van der Waals surface area contributed by atoms with Gasteiger partial charge in [0.05, 0.1) is 17.9 Å². The van der Waals surface area contributed by atoms with Crippen LogP contribution in [-0.4, -0.2) is 37.5 Å². The maximum absolute atomic E-state index is 12.0. The van der Waals surface area contributed by atoms with Gasteiger partial charge in [0, 0.05) is 20.1 Å². The molecule has 1 aliphatic heterocycles. The minimum atomic E-state index is 0.147. The first-order chi connectivity index (χ1) is 8.63. The van der Waals surface area contributed by atoms with Crippen LogP contribution in [0.5, 0.6) is 0 Å². The molecule has 0 aromatic heterocycles. The van der Waals surface area contributed by atoms with Crippen LogP contribution in [-0.2, 0) is 11.2 Å². The Hall–Kier alpha value is -1.71. The molecule has 0 saturated carbocycles. The molecule has 0 spiro atoms. The summed E-state index contributed by atoms with van der Waals surface area (Å²) in [5.74, 6) is 0.147. The number of fused-ring (bicyclic) bond motifs is 1. The first-order valence-corrected chi connectivity index (χ1v) is 6.49. The molecule has 4 heteroatoms. The molecule has 0 unspecified atom stereocenters. The van der Waals surface area contributed by atoms with Crippen molar-refractivity contribution in [2.24, 2.45) is 0 Å². The monoisotopic (exact) mass is 247 g/mol. The van der Waals surface area contributed by atoms with E-state index < -0.39 is 0 Å². The lowest BCUT2D eigenvalue weighted by Crippen LogP contribution is -2.40. The zero-order valence-corrected chi connectivity index (χ0v) is 11.1. The van der Waals surface area contributed by atoms with Crippen LogP contribution < -0.4 is 10.6 Å². The van der Waals surface area contributed by atoms with Gasteiger partial charge in [-0.15, -0.1) is 0 Å². The molecule has 0 fully saturated rings. The van der Waals surface area contributed by atoms with Gasteiger partial charge >= 0.3 is 0 Å². The van der Waals surface area contributed by atoms with Gasteiger partial charge in [-0.25, -0.2) is 0 Å². The second-order valence-electron chi connectivity index (χ2n) is 4.79. The lowest BCUT2D eigenvalue weighted by molar-refractivity contribution is -0.128. The molecule has 1 aromatic rings. The zero-order chi connectivity index (χ0) is 13.1. The molecule has 18 heavy (non-hydrogen) atoms. The van der Waals surface area contributed by atoms with Crippen LogP contribution in [0, 0.1) is 0 Å². The molecule has 1 aromatic carbocycles. The lowest BCUT2D eigenvalue weighted by Gasteiger charge is -2.33. The number of carbonyl (C=O) groups is 1. The van der Waals surface area contributed by atoms with Gasteiger partial charge in [-0.2, -0.15) is 0 Å². The van der Waals surface area contributed by atoms with Crippen LogP contribution in [0.25, 0.3) is 0 Å². The number of nitrogens with zero attached hydrogens (tertiary/aromatic N) is 2. The third-order valence-corrected chi connectivity index (χ3v) is 3.57.